The summed E-state index contributed by atoms with van der Waals surface area (Å²) in [5.41, 5.74) is 5.59. The van der Waals surface area contributed by atoms with Crippen LogP contribution in [0, 0.1) is 0 Å². The molecule has 0 unspecified atom stereocenters. The molecule has 0 atom stereocenters. The van der Waals surface area contributed by atoms with Crippen molar-refractivity contribution in [3.8, 4) is 22.4 Å². The number of aromatic nitrogens is 2. The van der Waals surface area contributed by atoms with Gasteiger partial charge in [-0.1, -0.05) is 48.5 Å². The Morgan fingerprint density at radius 1 is 0.680 bits per heavy atom. The molecule has 0 radical (unpaired) electrons. The lowest BCUT2D eigenvalue weighted by Gasteiger charge is -2.01. The van der Waals surface area contributed by atoms with E-state index >= 15 is 0 Å². The SMILES string of the molecule is c1ccc(-c2cnc3oc4c(-c5ccccn5)cccc4c3c2)cc1. The molecule has 25 heavy (non-hydrogen) atoms. The molecular formula is C22H14N2O. The second kappa shape index (κ2) is 5.56. The Bertz CT molecular complexity index is 1180. The van der Waals surface area contributed by atoms with Crippen LogP contribution in [0.4, 0.5) is 0 Å². The van der Waals surface area contributed by atoms with Crippen LogP contribution in [-0.4, -0.2) is 9.97 Å². The highest BCUT2D eigenvalue weighted by atomic mass is 16.3. The van der Waals surface area contributed by atoms with Crippen LogP contribution in [0.15, 0.2) is 89.6 Å². The molecule has 0 aliphatic rings. The average molecular weight is 322 g/mol. The standard InChI is InChI=1S/C22H14N2O/c1-2-7-15(8-3-1)16-13-19-17-9-6-10-18(20-11-4-5-12-23-20)21(17)25-22(19)24-14-16/h1-14H. The van der Waals surface area contributed by atoms with Crippen LogP contribution < -0.4 is 0 Å². The van der Waals surface area contributed by atoms with Crippen molar-refractivity contribution in [1.82, 2.24) is 9.97 Å². The minimum absolute atomic E-state index is 0.651. The summed E-state index contributed by atoms with van der Waals surface area (Å²) in [5.74, 6) is 0. The molecule has 0 spiro atoms. The zero-order valence-corrected chi connectivity index (χ0v) is 13.4. The zero-order valence-electron chi connectivity index (χ0n) is 13.4. The van der Waals surface area contributed by atoms with Gasteiger partial charge in [0.2, 0.25) is 5.71 Å². The van der Waals surface area contributed by atoms with Gasteiger partial charge < -0.3 is 4.42 Å². The van der Waals surface area contributed by atoms with Crippen LogP contribution in [0.1, 0.15) is 0 Å². The highest BCUT2D eigenvalue weighted by Crippen LogP contribution is 2.35. The second-order valence-corrected chi connectivity index (χ2v) is 5.94. The van der Waals surface area contributed by atoms with Crippen molar-refractivity contribution >= 4 is 22.1 Å². The summed E-state index contributed by atoms with van der Waals surface area (Å²) in [7, 11) is 0. The van der Waals surface area contributed by atoms with E-state index in [1.807, 2.05) is 54.7 Å². The third kappa shape index (κ3) is 2.29. The predicted molar refractivity (Wildman–Crippen MR) is 100 cm³/mol. The first-order valence-corrected chi connectivity index (χ1v) is 8.18. The Hall–Kier alpha value is -3.46. The van der Waals surface area contributed by atoms with E-state index in [9.17, 15) is 0 Å². The summed E-state index contributed by atoms with van der Waals surface area (Å²) in [6, 6.07) is 24.4. The van der Waals surface area contributed by atoms with Crippen molar-refractivity contribution < 1.29 is 4.42 Å². The quantitative estimate of drug-likeness (QED) is 0.418. The van der Waals surface area contributed by atoms with Crippen LogP contribution in [0.2, 0.25) is 0 Å². The maximum absolute atomic E-state index is 6.08. The summed E-state index contributed by atoms with van der Waals surface area (Å²) in [5, 5.41) is 2.08. The molecular weight excluding hydrogens is 308 g/mol. The molecule has 0 aliphatic carbocycles. The zero-order chi connectivity index (χ0) is 16.6. The molecule has 3 aromatic heterocycles. The van der Waals surface area contributed by atoms with Gasteiger partial charge in [0.25, 0.3) is 0 Å². The molecule has 118 valence electrons. The third-order valence-corrected chi connectivity index (χ3v) is 4.40. The van der Waals surface area contributed by atoms with Gasteiger partial charge in [-0.3, -0.25) is 4.98 Å². The summed E-state index contributed by atoms with van der Waals surface area (Å²) in [4.78, 5) is 9.00. The molecule has 0 saturated carbocycles. The second-order valence-electron chi connectivity index (χ2n) is 5.94. The Kier molecular flexibility index (Phi) is 3.10. The molecule has 5 aromatic rings. The first-order chi connectivity index (χ1) is 12.4. The summed E-state index contributed by atoms with van der Waals surface area (Å²) >= 11 is 0. The van der Waals surface area contributed by atoms with E-state index in [2.05, 4.69) is 34.2 Å². The third-order valence-electron chi connectivity index (χ3n) is 4.40. The van der Waals surface area contributed by atoms with Crippen LogP contribution in [-0.2, 0) is 0 Å². The Balaban J connectivity index is 1.77. The molecule has 3 heterocycles. The highest BCUT2D eigenvalue weighted by Gasteiger charge is 2.14. The van der Waals surface area contributed by atoms with Gasteiger partial charge in [-0.25, -0.2) is 4.98 Å². The number of hydrogen-bond donors (Lipinski definition) is 0. The monoisotopic (exact) mass is 322 g/mol. The van der Waals surface area contributed by atoms with E-state index in [1.54, 1.807) is 6.20 Å². The first kappa shape index (κ1) is 13.9. The van der Waals surface area contributed by atoms with Gasteiger partial charge in [-0.2, -0.15) is 0 Å². The van der Waals surface area contributed by atoms with E-state index in [4.69, 9.17) is 4.42 Å². The van der Waals surface area contributed by atoms with E-state index in [0.717, 1.165) is 38.7 Å². The van der Waals surface area contributed by atoms with Gasteiger partial charge in [0.1, 0.15) is 5.58 Å². The van der Waals surface area contributed by atoms with Gasteiger partial charge in [-0.05, 0) is 29.8 Å². The Morgan fingerprint density at radius 3 is 2.40 bits per heavy atom. The van der Waals surface area contributed by atoms with Crippen LogP contribution >= 0.6 is 0 Å². The number of pyridine rings is 2. The lowest BCUT2D eigenvalue weighted by molar-refractivity contribution is 0.655. The highest BCUT2D eigenvalue weighted by molar-refractivity contribution is 6.09. The van der Waals surface area contributed by atoms with Crippen LogP contribution in [0.25, 0.3) is 44.5 Å². The minimum atomic E-state index is 0.651. The molecule has 0 aliphatic heterocycles. The molecule has 5 rings (SSSR count). The van der Waals surface area contributed by atoms with E-state index < -0.39 is 0 Å². The Morgan fingerprint density at radius 2 is 1.56 bits per heavy atom. The van der Waals surface area contributed by atoms with Crippen LogP contribution in [0.5, 0.6) is 0 Å². The summed E-state index contributed by atoms with van der Waals surface area (Å²) in [6.45, 7) is 0. The molecule has 0 fully saturated rings. The predicted octanol–water partition coefficient (Wildman–Crippen LogP) is 5.71. The fourth-order valence-electron chi connectivity index (χ4n) is 3.19. The molecule has 3 nitrogen and oxygen atoms in total. The maximum Gasteiger partial charge on any atom is 0.227 e. The lowest BCUT2D eigenvalue weighted by Crippen LogP contribution is -1.82. The van der Waals surface area contributed by atoms with Gasteiger partial charge in [0.05, 0.1) is 5.69 Å². The molecule has 3 heteroatoms. The van der Waals surface area contributed by atoms with E-state index in [-0.39, 0.29) is 0 Å². The first-order valence-electron chi connectivity index (χ1n) is 8.18. The van der Waals surface area contributed by atoms with Gasteiger partial charge in [0, 0.05) is 34.3 Å². The average Bonchev–Trinajstić information content (AvgIpc) is 3.07. The normalized spacial score (nSPS) is 11.2. The van der Waals surface area contributed by atoms with Crippen molar-refractivity contribution in [1.29, 1.82) is 0 Å². The van der Waals surface area contributed by atoms with Gasteiger partial charge in [-0.15, -0.1) is 0 Å². The largest absolute Gasteiger partial charge is 0.437 e. The molecule has 0 saturated heterocycles. The molecule has 0 amide bonds. The van der Waals surface area contributed by atoms with Crippen molar-refractivity contribution in [2.24, 2.45) is 0 Å². The van der Waals surface area contributed by atoms with Crippen molar-refractivity contribution in [2.75, 3.05) is 0 Å². The van der Waals surface area contributed by atoms with Crippen molar-refractivity contribution in [3.05, 3.63) is 85.2 Å². The molecule has 2 aromatic carbocycles. The van der Waals surface area contributed by atoms with Gasteiger partial charge in [0.15, 0.2) is 0 Å². The number of rotatable bonds is 2. The summed E-state index contributed by atoms with van der Waals surface area (Å²) < 4.78 is 6.08. The lowest BCUT2D eigenvalue weighted by atomic mass is 10.0. The smallest absolute Gasteiger partial charge is 0.227 e. The molecule has 0 N–H and O–H groups in total. The van der Waals surface area contributed by atoms with Crippen molar-refractivity contribution in [2.45, 2.75) is 0 Å². The van der Waals surface area contributed by atoms with E-state index in [1.165, 1.54) is 0 Å². The number of fused-ring (bicyclic) bond motifs is 3. The number of nitrogens with zero attached hydrogens (tertiary/aromatic N) is 2. The topological polar surface area (TPSA) is 38.9 Å². The maximum atomic E-state index is 6.08. The number of hydrogen-bond acceptors (Lipinski definition) is 3. The fraction of sp³-hybridized carbons (Fsp3) is 0. The number of benzene rings is 2. The van der Waals surface area contributed by atoms with Crippen LogP contribution in [0.3, 0.4) is 0 Å². The fourth-order valence-corrected chi connectivity index (χ4v) is 3.19. The number of furan rings is 1. The Labute approximate surface area is 144 Å². The minimum Gasteiger partial charge on any atom is -0.437 e. The molecule has 0 bridgehead atoms. The summed E-state index contributed by atoms with van der Waals surface area (Å²) in [6.07, 6.45) is 3.66. The number of para-hydroxylation sites is 1. The van der Waals surface area contributed by atoms with E-state index in [0.29, 0.717) is 5.71 Å². The van der Waals surface area contributed by atoms with Crippen molar-refractivity contribution in [3.63, 3.8) is 0 Å². The van der Waals surface area contributed by atoms with Gasteiger partial charge >= 0.3 is 0 Å².